The van der Waals surface area contributed by atoms with Gasteiger partial charge in [0.2, 0.25) is 5.91 Å². The second-order valence-electron chi connectivity index (χ2n) is 7.16. The number of hydrogen-bond donors (Lipinski definition) is 0. The number of piperidine rings is 1. The molecule has 0 unspecified atom stereocenters. The molecule has 110 valence electrons. The number of likely N-dealkylation sites (tertiary alicyclic amines) is 1. The van der Waals surface area contributed by atoms with Crippen molar-refractivity contribution in [1.29, 1.82) is 0 Å². The molecule has 2 aliphatic rings. The first kappa shape index (κ1) is 14.9. The number of amides is 1. The van der Waals surface area contributed by atoms with Crippen molar-refractivity contribution in [3.63, 3.8) is 0 Å². The highest BCUT2D eigenvalue weighted by atomic mass is 16.2. The fourth-order valence-electron chi connectivity index (χ4n) is 3.85. The standard InChI is InChI=1S/C17H31NO/c1-14(2)12-16-8-10-18(11-9-16)17(19)13-15-6-4-3-5-7-15/h14-16H,3-13H2,1-2H3. The van der Waals surface area contributed by atoms with Gasteiger partial charge in [0, 0.05) is 19.5 Å². The van der Waals surface area contributed by atoms with Crippen molar-refractivity contribution >= 4 is 5.91 Å². The van der Waals surface area contributed by atoms with Crippen LogP contribution in [0.1, 0.15) is 71.6 Å². The van der Waals surface area contributed by atoms with Crippen molar-refractivity contribution in [2.75, 3.05) is 13.1 Å². The molecule has 2 heteroatoms. The molecule has 1 heterocycles. The van der Waals surface area contributed by atoms with E-state index in [9.17, 15) is 4.79 Å². The molecule has 2 nitrogen and oxygen atoms in total. The molecule has 0 spiro atoms. The van der Waals surface area contributed by atoms with Crippen LogP contribution >= 0.6 is 0 Å². The summed E-state index contributed by atoms with van der Waals surface area (Å²) in [5, 5.41) is 0. The Balaban J connectivity index is 1.69. The van der Waals surface area contributed by atoms with E-state index in [1.165, 1.54) is 51.4 Å². The van der Waals surface area contributed by atoms with Gasteiger partial charge in [-0.25, -0.2) is 0 Å². The van der Waals surface area contributed by atoms with Crippen LogP contribution in [0, 0.1) is 17.8 Å². The second-order valence-corrected chi connectivity index (χ2v) is 7.16. The molecule has 0 N–H and O–H groups in total. The maximum atomic E-state index is 12.3. The molecule has 2 fully saturated rings. The minimum absolute atomic E-state index is 0.440. The Morgan fingerprint density at radius 2 is 1.63 bits per heavy atom. The molecule has 0 aromatic carbocycles. The SMILES string of the molecule is CC(C)CC1CCN(C(=O)CC2CCCCC2)CC1. The van der Waals surface area contributed by atoms with Crippen molar-refractivity contribution in [2.45, 2.75) is 71.6 Å². The van der Waals surface area contributed by atoms with Crippen LogP contribution in [0.3, 0.4) is 0 Å². The third-order valence-corrected chi connectivity index (χ3v) is 4.96. The summed E-state index contributed by atoms with van der Waals surface area (Å²) < 4.78 is 0. The average molecular weight is 265 g/mol. The maximum Gasteiger partial charge on any atom is 0.222 e. The van der Waals surface area contributed by atoms with Gasteiger partial charge in [-0.3, -0.25) is 4.79 Å². The monoisotopic (exact) mass is 265 g/mol. The molecule has 1 saturated carbocycles. The summed E-state index contributed by atoms with van der Waals surface area (Å²) in [7, 11) is 0. The molecule has 1 aliphatic carbocycles. The highest BCUT2D eigenvalue weighted by molar-refractivity contribution is 5.76. The summed E-state index contributed by atoms with van der Waals surface area (Å²) in [6.07, 6.45) is 11.3. The van der Waals surface area contributed by atoms with Crippen molar-refractivity contribution in [2.24, 2.45) is 17.8 Å². The summed E-state index contributed by atoms with van der Waals surface area (Å²) in [5.41, 5.74) is 0. The number of nitrogens with zero attached hydrogens (tertiary/aromatic N) is 1. The Labute approximate surface area is 118 Å². The van der Waals surface area contributed by atoms with Crippen molar-refractivity contribution < 1.29 is 4.79 Å². The Morgan fingerprint density at radius 1 is 1.00 bits per heavy atom. The highest BCUT2D eigenvalue weighted by Crippen LogP contribution is 2.28. The van der Waals surface area contributed by atoms with Crippen LogP contribution in [0.2, 0.25) is 0 Å². The minimum Gasteiger partial charge on any atom is -0.343 e. The van der Waals surface area contributed by atoms with Gasteiger partial charge in [-0.15, -0.1) is 0 Å². The van der Waals surface area contributed by atoms with Crippen molar-refractivity contribution in [3.05, 3.63) is 0 Å². The normalized spacial score (nSPS) is 23.0. The molecule has 0 radical (unpaired) electrons. The van der Waals surface area contributed by atoms with Gasteiger partial charge in [-0.05, 0) is 49.9 Å². The van der Waals surface area contributed by atoms with Crippen LogP contribution in [0.25, 0.3) is 0 Å². The van der Waals surface area contributed by atoms with E-state index in [-0.39, 0.29) is 0 Å². The van der Waals surface area contributed by atoms with Gasteiger partial charge in [-0.1, -0.05) is 33.1 Å². The third-order valence-electron chi connectivity index (χ3n) is 4.96. The first-order valence-electron chi connectivity index (χ1n) is 8.43. The average Bonchev–Trinajstić information content (AvgIpc) is 2.40. The van der Waals surface area contributed by atoms with Gasteiger partial charge >= 0.3 is 0 Å². The Bertz CT molecular complexity index is 273. The molecular formula is C17H31NO. The van der Waals surface area contributed by atoms with Crippen LogP contribution in [0.5, 0.6) is 0 Å². The predicted octanol–water partition coefficient (Wildman–Crippen LogP) is 4.24. The molecule has 2 rings (SSSR count). The number of carbonyl (C=O) groups excluding carboxylic acids is 1. The number of hydrogen-bond acceptors (Lipinski definition) is 1. The van der Waals surface area contributed by atoms with Crippen LogP contribution < -0.4 is 0 Å². The lowest BCUT2D eigenvalue weighted by Gasteiger charge is -2.34. The van der Waals surface area contributed by atoms with Crippen LogP contribution in [0.4, 0.5) is 0 Å². The van der Waals surface area contributed by atoms with Crippen LogP contribution in [-0.2, 0) is 4.79 Å². The third kappa shape index (κ3) is 4.81. The number of carbonyl (C=O) groups is 1. The van der Waals surface area contributed by atoms with Crippen LogP contribution in [0.15, 0.2) is 0 Å². The van der Waals surface area contributed by atoms with Crippen LogP contribution in [-0.4, -0.2) is 23.9 Å². The minimum atomic E-state index is 0.440. The predicted molar refractivity (Wildman–Crippen MR) is 80.0 cm³/mol. The molecule has 0 aromatic rings. The van der Waals surface area contributed by atoms with Gasteiger partial charge in [0.25, 0.3) is 0 Å². The second kappa shape index (κ2) is 7.31. The Kier molecular flexibility index (Phi) is 5.72. The summed E-state index contributed by atoms with van der Waals surface area (Å²) >= 11 is 0. The lowest BCUT2D eigenvalue weighted by molar-refractivity contribution is -0.133. The van der Waals surface area contributed by atoms with E-state index in [4.69, 9.17) is 0 Å². The van der Waals surface area contributed by atoms with E-state index in [0.29, 0.717) is 11.8 Å². The molecule has 0 atom stereocenters. The van der Waals surface area contributed by atoms with Crippen molar-refractivity contribution in [3.8, 4) is 0 Å². The van der Waals surface area contributed by atoms with E-state index in [0.717, 1.165) is 31.3 Å². The van der Waals surface area contributed by atoms with Gasteiger partial charge < -0.3 is 4.90 Å². The van der Waals surface area contributed by atoms with Gasteiger partial charge in [0.05, 0.1) is 0 Å². The zero-order chi connectivity index (χ0) is 13.7. The molecule has 1 amide bonds. The fourth-order valence-corrected chi connectivity index (χ4v) is 3.85. The van der Waals surface area contributed by atoms with E-state index in [1.54, 1.807) is 0 Å². The summed E-state index contributed by atoms with van der Waals surface area (Å²) in [4.78, 5) is 14.5. The molecular weight excluding hydrogens is 234 g/mol. The zero-order valence-electron chi connectivity index (χ0n) is 12.9. The topological polar surface area (TPSA) is 20.3 Å². The maximum absolute atomic E-state index is 12.3. The van der Waals surface area contributed by atoms with E-state index in [2.05, 4.69) is 18.7 Å². The quantitative estimate of drug-likeness (QED) is 0.744. The van der Waals surface area contributed by atoms with Gasteiger partial charge in [0.1, 0.15) is 0 Å². The lowest BCUT2D eigenvalue weighted by Crippen LogP contribution is -2.39. The van der Waals surface area contributed by atoms with E-state index in [1.807, 2.05) is 0 Å². The zero-order valence-corrected chi connectivity index (χ0v) is 12.9. The fraction of sp³-hybridized carbons (Fsp3) is 0.941. The molecule has 1 saturated heterocycles. The van der Waals surface area contributed by atoms with Gasteiger partial charge in [-0.2, -0.15) is 0 Å². The van der Waals surface area contributed by atoms with E-state index >= 15 is 0 Å². The molecule has 1 aliphatic heterocycles. The summed E-state index contributed by atoms with van der Waals surface area (Å²) in [6.45, 7) is 6.65. The summed E-state index contributed by atoms with van der Waals surface area (Å²) in [5.74, 6) is 2.79. The smallest absolute Gasteiger partial charge is 0.222 e. The first-order valence-corrected chi connectivity index (χ1v) is 8.43. The molecule has 0 aromatic heterocycles. The Hall–Kier alpha value is -0.530. The highest BCUT2D eigenvalue weighted by Gasteiger charge is 2.25. The van der Waals surface area contributed by atoms with E-state index < -0.39 is 0 Å². The largest absolute Gasteiger partial charge is 0.343 e. The first-order chi connectivity index (χ1) is 9.15. The Morgan fingerprint density at radius 3 is 2.21 bits per heavy atom. The number of rotatable bonds is 4. The molecule has 19 heavy (non-hydrogen) atoms. The van der Waals surface area contributed by atoms with Crippen molar-refractivity contribution in [1.82, 2.24) is 4.90 Å². The lowest BCUT2D eigenvalue weighted by atomic mass is 9.85. The molecule has 0 bridgehead atoms. The summed E-state index contributed by atoms with van der Waals surface area (Å²) in [6, 6.07) is 0. The van der Waals surface area contributed by atoms with Gasteiger partial charge in [0.15, 0.2) is 0 Å².